The Morgan fingerprint density at radius 1 is 1.00 bits per heavy atom. The van der Waals surface area contributed by atoms with Crippen molar-refractivity contribution < 1.29 is 4.39 Å². The van der Waals surface area contributed by atoms with Crippen LogP contribution in [0.4, 0.5) is 4.39 Å². The zero-order valence-corrected chi connectivity index (χ0v) is 11.9. The van der Waals surface area contributed by atoms with Crippen LogP contribution in [0.5, 0.6) is 0 Å². The summed E-state index contributed by atoms with van der Waals surface area (Å²) in [5, 5.41) is 1.27. The molecular formula is C16H12ClFS. The molecule has 1 aromatic heterocycles. The van der Waals surface area contributed by atoms with Crippen molar-refractivity contribution in [2.24, 2.45) is 0 Å². The Kier molecular flexibility index (Phi) is 3.29. The van der Waals surface area contributed by atoms with Crippen LogP contribution in [0.25, 0.3) is 10.8 Å². The maximum atomic E-state index is 13.8. The van der Waals surface area contributed by atoms with Gasteiger partial charge in [0.2, 0.25) is 0 Å². The van der Waals surface area contributed by atoms with Gasteiger partial charge in [0.1, 0.15) is 5.82 Å². The zero-order chi connectivity index (χ0) is 13.4. The van der Waals surface area contributed by atoms with Crippen LogP contribution in [0.2, 0.25) is 0 Å². The largest absolute Gasteiger partial charge is 0.206 e. The number of aryl methyl sites for hydroxylation is 1. The first-order valence-corrected chi connectivity index (χ1v) is 7.29. The van der Waals surface area contributed by atoms with Gasteiger partial charge < -0.3 is 0 Å². The molecule has 0 saturated heterocycles. The minimum absolute atomic E-state index is 0.203. The SMILES string of the molecule is Cc1ccc(C(Cl)c2ccc(F)c3ccccc23)s1. The van der Waals surface area contributed by atoms with Crippen molar-refractivity contribution in [1.29, 1.82) is 0 Å². The molecule has 0 saturated carbocycles. The maximum Gasteiger partial charge on any atom is 0.131 e. The Morgan fingerprint density at radius 2 is 1.74 bits per heavy atom. The second-order valence-corrected chi connectivity index (χ2v) is 6.25. The minimum Gasteiger partial charge on any atom is -0.206 e. The predicted octanol–water partition coefficient (Wildman–Crippen LogP) is 5.68. The Morgan fingerprint density at radius 3 is 2.42 bits per heavy atom. The Balaban J connectivity index is 2.18. The molecule has 2 aromatic carbocycles. The third-order valence-corrected chi connectivity index (χ3v) is 4.85. The summed E-state index contributed by atoms with van der Waals surface area (Å²) in [4.78, 5) is 2.32. The Hall–Kier alpha value is -1.38. The topological polar surface area (TPSA) is 0 Å². The summed E-state index contributed by atoms with van der Waals surface area (Å²) in [6, 6.07) is 14.8. The first kappa shape index (κ1) is 12.6. The third kappa shape index (κ3) is 2.26. The summed E-state index contributed by atoms with van der Waals surface area (Å²) < 4.78 is 13.8. The molecule has 1 unspecified atom stereocenters. The molecule has 3 aromatic rings. The van der Waals surface area contributed by atoms with Gasteiger partial charge in [-0.2, -0.15) is 0 Å². The van der Waals surface area contributed by atoms with Crippen LogP contribution in [0.1, 0.15) is 20.7 Å². The lowest BCUT2D eigenvalue weighted by Gasteiger charge is -2.12. The van der Waals surface area contributed by atoms with Gasteiger partial charge in [0, 0.05) is 15.1 Å². The van der Waals surface area contributed by atoms with Gasteiger partial charge in [-0.25, -0.2) is 4.39 Å². The number of halogens is 2. The molecule has 0 N–H and O–H groups in total. The van der Waals surface area contributed by atoms with Crippen LogP contribution in [0.3, 0.4) is 0 Å². The molecule has 0 spiro atoms. The molecule has 1 atom stereocenters. The average Bonchev–Trinajstić information content (AvgIpc) is 2.86. The fourth-order valence-corrected chi connectivity index (χ4v) is 3.52. The molecule has 96 valence electrons. The van der Waals surface area contributed by atoms with E-state index in [1.807, 2.05) is 24.3 Å². The number of hydrogen-bond donors (Lipinski definition) is 0. The van der Waals surface area contributed by atoms with E-state index >= 15 is 0 Å². The van der Waals surface area contributed by atoms with Gasteiger partial charge in [0.25, 0.3) is 0 Å². The van der Waals surface area contributed by atoms with Gasteiger partial charge in [0.05, 0.1) is 5.38 Å². The van der Waals surface area contributed by atoms with E-state index < -0.39 is 0 Å². The van der Waals surface area contributed by atoms with Crippen LogP contribution in [-0.4, -0.2) is 0 Å². The van der Waals surface area contributed by atoms with Gasteiger partial charge in [-0.15, -0.1) is 22.9 Å². The summed E-state index contributed by atoms with van der Waals surface area (Å²) in [5.41, 5.74) is 0.959. The molecule has 0 amide bonds. The van der Waals surface area contributed by atoms with E-state index in [1.54, 1.807) is 23.5 Å². The Labute approximate surface area is 120 Å². The normalized spacial score (nSPS) is 12.8. The summed E-state index contributed by atoms with van der Waals surface area (Å²) >= 11 is 8.24. The van der Waals surface area contributed by atoms with Crippen molar-refractivity contribution >= 4 is 33.7 Å². The standard InChI is InChI=1S/C16H12ClFS/c1-10-6-9-15(19-10)16(17)13-7-8-14(18)12-5-3-2-4-11(12)13/h2-9,16H,1H3. The second-order valence-electron chi connectivity index (χ2n) is 4.49. The highest BCUT2D eigenvalue weighted by Crippen LogP contribution is 2.37. The van der Waals surface area contributed by atoms with E-state index in [4.69, 9.17) is 11.6 Å². The molecule has 19 heavy (non-hydrogen) atoms. The van der Waals surface area contributed by atoms with E-state index in [-0.39, 0.29) is 11.2 Å². The monoisotopic (exact) mass is 290 g/mol. The summed E-state index contributed by atoms with van der Waals surface area (Å²) in [6.45, 7) is 2.06. The van der Waals surface area contributed by atoms with E-state index in [0.717, 1.165) is 15.8 Å². The van der Waals surface area contributed by atoms with Crippen molar-refractivity contribution in [3.8, 4) is 0 Å². The lowest BCUT2D eigenvalue weighted by molar-refractivity contribution is 0.639. The molecule has 3 heteroatoms. The number of fused-ring (bicyclic) bond motifs is 1. The van der Waals surface area contributed by atoms with Crippen LogP contribution in [0, 0.1) is 12.7 Å². The van der Waals surface area contributed by atoms with E-state index in [9.17, 15) is 4.39 Å². The van der Waals surface area contributed by atoms with Gasteiger partial charge in [-0.3, -0.25) is 0 Å². The number of alkyl halides is 1. The van der Waals surface area contributed by atoms with Gasteiger partial charge in [-0.05, 0) is 36.1 Å². The van der Waals surface area contributed by atoms with Crippen molar-refractivity contribution in [2.75, 3.05) is 0 Å². The lowest BCUT2D eigenvalue weighted by atomic mass is 10.0. The van der Waals surface area contributed by atoms with Gasteiger partial charge >= 0.3 is 0 Å². The number of rotatable bonds is 2. The molecule has 0 aliphatic heterocycles. The zero-order valence-electron chi connectivity index (χ0n) is 10.4. The van der Waals surface area contributed by atoms with Crippen LogP contribution in [0.15, 0.2) is 48.5 Å². The van der Waals surface area contributed by atoms with Crippen LogP contribution >= 0.6 is 22.9 Å². The first-order valence-electron chi connectivity index (χ1n) is 6.04. The number of benzene rings is 2. The molecule has 0 aliphatic rings. The molecule has 0 fully saturated rings. The molecule has 0 bridgehead atoms. The van der Waals surface area contributed by atoms with Crippen LogP contribution < -0.4 is 0 Å². The fourth-order valence-electron chi connectivity index (χ4n) is 2.25. The third-order valence-electron chi connectivity index (χ3n) is 3.19. The molecular weight excluding hydrogens is 279 g/mol. The van der Waals surface area contributed by atoms with E-state index in [1.165, 1.54) is 10.9 Å². The van der Waals surface area contributed by atoms with Crippen molar-refractivity contribution in [3.05, 3.63) is 69.7 Å². The highest BCUT2D eigenvalue weighted by Gasteiger charge is 2.16. The lowest BCUT2D eigenvalue weighted by Crippen LogP contribution is -1.93. The van der Waals surface area contributed by atoms with Crippen molar-refractivity contribution in [3.63, 3.8) is 0 Å². The summed E-state index contributed by atoms with van der Waals surface area (Å²) in [6.07, 6.45) is 0. The summed E-state index contributed by atoms with van der Waals surface area (Å²) in [7, 11) is 0. The van der Waals surface area contributed by atoms with E-state index in [0.29, 0.717) is 5.39 Å². The fraction of sp³-hybridized carbons (Fsp3) is 0.125. The smallest absolute Gasteiger partial charge is 0.131 e. The first-order chi connectivity index (χ1) is 9.16. The maximum absolute atomic E-state index is 13.8. The average molecular weight is 291 g/mol. The quantitative estimate of drug-likeness (QED) is 0.533. The van der Waals surface area contributed by atoms with Gasteiger partial charge in [-0.1, -0.05) is 30.3 Å². The van der Waals surface area contributed by atoms with Crippen molar-refractivity contribution in [2.45, 2.75) is 12.3 Å². The van der Waals surface area contributed by atoms with Crippen LogP contribution in [-0.2, 0) is 0 Å². The predicted molar refractivity (Wildman–Crippen MR) is 80.7 cm³/mol. The molecule has 0 nitrogen and oxygen atoms in total. The Bertz CT molecular complexity index is 732. The summed E-state index contributed by atoms with van der Waals surface area (Å²) in [5.74, 6) is -0.203. The molecule has 3 rings (SSSR count). The molecule has 0 aliphatic carbocycles. The van der Waals surface area contributed by atoms with Gasteiger partial charge in [0.15, 0.2) is 0 Å². The molecule has 0 radical (unpaired) electrons. The van der Waals surface area contributed by atoms with Crippen molar-refractivity contribution in [1.82, 2.24) is 0 Å². The highest BCUT2D eigenvalue weighted by molar-refractivity contribution is 7.12. The number of thiophene rings is 1. The minimum atomic E-state index is -0.232. The highest BCUT2D eigenvalue weighted by atomic mass is 35.5. The van der Waals surface area contributed by atoms with E-state index in [2.05, 4.69) is 13.0 Å². The second kappa shape index (κ2) is 4.95. The molecule has 1 heterocycles. The number of hydrogen-bond acceptors (Lipinski definition) is 1.